The Morgan fingerprint density at radius 3 is 1.22 bits per heavy atom. The zero-order valence-electron chi connectivity index (χ0n) is 4.65. The van der Waals surface area contributed by atoms with E-state index in [1.807, 2.05) is 0 Å². The zero-order chi connectivity index (χ0) is 6.95. The van der Waals surface area contributed by atoms with Crippen molar-refractivity contribution in [2.24, 2.45) is 0 Å². The minimum Gasteiger partial charge on any atom is -0.110 e. The average molecular weight is 290 g/mol. The van der Waals surface area contributed by atoms with Crippen molar-refractivity contribution in [1.29, 1.82) is 0 Å². The Hall–Kier alpha value is 3.87. The largest absolute Gasteiger partial charge is 0.110 e. The van der Waals surface area contributed by atoms with Crippen LogP contribution in [-0.4, -0.2) is 0 Å². The lowest BCUT2D eigenvalue weighted by atomic mass is 29.1. The highest BCUT2D eigenvalue weighted by Gasteiger charge is 1.84. The van der Waals surface area contributed by atoms with Gasteiger partial charge in [-0.1, -0.05) is 55.7 Å². The summed E-state index contributed by atoms with van der Waals surface area (Å²) in [6.45, 7) is 0. The molecule has 0 spiro atoms. The molecule has 8 atom stereocenters. The fourth-order valence-electron chi connectivity index (χ4n) is 0.166. The van der Waals surface area contributed by atoms with Gasteiger partial charge in [-0.3, -0.25) is 0 Å². The summed E-state index contributed by atoms with van der Waals surface area (Å²) in [6.07, 6.45) is 0. The van der Waals surface area contributed by atoms with Crippen molar-refractivity contribution in [3.63, 3.8) is 0 Å². The molecule has 9 heteroatoms. The molecule has 0 saturated heterocycles. The zero-order valence-corrected chi connectivity index (χ0v) is 14.0. The first-order valence-corrected chi connectivity index (χ1v) is 18.7. The molecule has 0 rings (SSSR count). The van der Waals surface area contributed by atoms with Gasteiger partial charge in [0.25, 0.3) is 0 Å². The lowest BCUT2D eigenvalue weighted by Gasteiger charge is -1.97. The smallest absolute Gasteiger partial charge is 0.0677 e. The van der Waals surface area contributed by atoms with Gasteiger partial charge in [-0.25, -0.2) is 0 Å². The quantitative estimate of drug-likeness (QED) is 0.486. The van der Waals surface area contributed by atoms with Crippen LogP contribution in [0.15, 0.2) is 0 Å². The van der Waals surface area contributed by atoms with Gasteiger partial charge in [-0.05, 0) is 0 Å². The molecule has 0 amide bonds. The molecule has 0 heterocycles. The first-order valence-electron chi connectivity index (χ1n) is 2.08. The number of hydrogen-bond donors (Lipinski definition) is 0. The monoisotopic (exact) mass is 290 g/mol. The summed E-state index contributed by atoms with van der Waals surface area (Å²) in [6, 6.07) is 0. The third kappa shape index (κ3) is 11.9. The predicted molar refractivity (Wildman–Crippen MR) is 77.6 cm³/mol. The lowest BCUT2D eigenvalue weighted by molar-refractivity contribution is 5.02. The van der Waals surface area contributed by atoms with E-state index in [1.54, 1.807) is 0 Å². The topological polar surface area (TPSA) is 0 Å². The summed E-state index contributed by atoms with van der Waals surface area (Å²) in [4.78, 5) is 0. The predicted octanol–water partition coefficient (Wildman–Crippen LogP) is 4.81. The molecule has 8 unspecified atom stereocenters. The van der Waals surface area contributed by atoms with Crippen molar-refractivity contribution in [2.45, 2.75) is 0 Å². The van der Waals surface area contributed by atoms with Gasteiger partial charge in [0.05, 0.1) is 0 Å². The number of hydrogen-bond acceptors (Lipinski definition) is 0. The second kappa shape index (κ2) is 11.9. The second-order valence-corrected chi connectivity index (χ2v) is 24.7. The van der Waals surface area contributed by atoms with E-state index in [-0.39, 0.29) is 0 Å². The molecule has 9 heavy (non-hydrogen) atoms. The van der Waals surface area contributed by atoms with Crippen LogP contribution in [0.5, 0.6) is 0 Å². The molecule has 0 aliphatic rings. The molecule has 0 fully saturated rings. The van der Waals surface area contributed by atoms with Crippen LogP contribution >= 0.6 is 73.6 Å². The maximum atomic E-state index is 2.83. The molecule has 0 aromatic rings. The average Bonchev–Trinajstić information content (AvgIpc) is 1.89. The molecule has 0 aromatic heterocycles. The van der Waals surface area contributed by atoms with Crippen LogP contribution in [0.2, 0.25) is 0 Å². The van der Waals surface area contributed by atoms with Crippen LogP contribution in [0.1, 0.15) is 0 Å². The fourth-order valence-corrected chi connectivity index (χ4v) is 40.3. The fraction of sp³-hybridized carbons (Fsp3) is 0. The SMILES string of the molecule is PPPPPPPPP. The Kier molecular flexibility index (Phi) is 17.0. The first-order chi connectivity index (χ1) is 4.41. The molecular formula is H11P9. The maximum absolute atomic E-state index is 2.83. The Morgan fingerprint density at radius 2 is 0.889 bits per heavy atom. The van der Waals surface area contributed by atoms with Crippen molar-refractivity contribution >= 4 is 73.6 Å². The third-order valence-corrected chi connectivity index (χ3v) is 31.9. The normalized spacial score (nSPS) is 19.3. The lowest BCUT2D eigenvalue weighted by Crippen LogP contribution is -1.04. The van der Waals surface area contributed by atoms with E-state index in [2.05, 4.69) is 17.9 Å². The molecule has 0 saturated carbocycles. The van der Waals surface area contributed by atoms with Crippen LogP contribution in [0.25, 0.3) is 0 Å². The van der Waals surface area contributed by atoms with Crippen LogP contribution in [0.3, 0.4) is 0 Å². The standard InChI is InChI=1S/H11P9/c1-3-5-7-9-8-6-4-2/h3-9H,1-2H2. The minimum atomic E-state index is 1.14. The van der Waals surface area contributed by atoms with Crippen molar-refractivity contribution < 1.29 is 0 Å². The van der Waals surface area contributed by atoms with Gasteiger partial charge in [0.15, 0.2) is 0 Å². The van der Waals surface area contributed by atoms with E-state index < -0.39 is 0 Å². The highest BCUT2D eigenvalue weighted by atomic mass is 32.9. The molecule has 0 bridgehead atoms. The van der Waals surface area contributed by atoms with E-state index in [0.717, 1.165) is 15.9 Å². The van der Waals surface area contributed by atoms with Crippen LogP contribution < -0.4 is 0 Å². The molecule has 56 valence electrons. The van der Waals surface area contributed by atoms with Gasteiger partial charge in [0, 0.05) is 0 Å². The summed E-state index contributed by atoms with van der Waals surface area (Å²) in [7, 11) is 14.4. The summed E-state index contributed by atoms with van der Waals surface area (Å²) < 4.78 is 0. The van der Waals surface area contributed by atoms with Crippen molar-refractivity contribution in [3.8, 4) is 0 Å². The van der Waals surface area contributed by atoms with E-state index in [0.29, 0.717) is 0 Å². The highest BCUT2D eigenvalue weighted by Crippen LogP contribution is 2.77. The van der Waals surface area contributed by atoms with E-state index in [4.69, 9.17) is 0 Å². The summed E-state index contributed by atoms with van der Waals surface area (Å²) in [5.41, 5.74) is 0. The van der Waals surface area contributed by atoms with Crippen LogP contribution in [0, 0.1) is 0 Å². The van der Waals surface area contributed by atoms with Gasteiger partial charge in [-0.2, -0.15) is 0 Å². The van der Waals surface area contributed by atoms with Crippen molar-refractivity contribution in [3.05, 3.63) is 0 Å². The molecule has 0 nitrogen and oxygen atoms in total. The van der Waals surface area contributed by atoms with Gasteiger partial charge >= 0.3 is 0 Å². The van der Waals surface area contributed by atoms with Gasteiger partial charge < -0.3 is 0 Å². The molecular weight excluding hydrogens is 279 g/mol. The molecule has 0 N–H and O–H groups in total. The third-order valence-electron chi connectivity index (χ3n) is 0.394. The van der Waals surface area contributed by atoms with E-state index >= 15 is 0 Å². The Labute approximate surface area is 73.6 Å². The van der Waals surface area contributed by atoms with Crippen molar-refractivity contribution in [2.75, 3.05) is 0 Å². The molecule has 0 aliphatic carbocycles. The van der Waals surface area contributed by atoms with Gasteiger partial charge in [-0.15, -0.1) is 17.9 Å². The molecule has 0 aliphatic heterocycles. The highest BCUT2D eigenvalue weighted by molar-refractivity contribution is 8.83. The number of rotatable bonds is 6. The maximum Gasteiger partial charge on any atom is -0.0677 e. The Balaban J connectivity index is 2.60. The first kappa shape index (κ1) is 12.9. The summed E-state index contributed by atoms with van der Waals surface area (Å²) in [5, 5.41) is 0. The summed E-state index contributed by atoms with van der Waals surface area (Å²) in [5.74, 6) is 0. The van der Waals surface area contributed by atoms with E-state index in [1.165, 1.54) is 39.8 Å². The van der Waals surface area contributed by atoms with Gasteiger partial charge in [0.2, 0.25) is 0 Å². The van der Waals surface area contributed by atoms with Gasteiger partial charge in [0.1, 0.15) is 0 Å². The van der Waals surface area contributed by atoms with Crippen LogP contribution in [0.4, 0.5) is 0 Å². The summed E-state index contributed by atoms with van der Waals surface area (Å²) >= 11 is 0. The Bertz CT molecular complexity index is 33.3. The van der Waals surface area contributed by atoms with Crippen LogP contribution in [-0.2, 0) is 0 Å². The molecule has 0 radical (unpaired) electrons. The second-order valence-electron chi connectivity index (χ2n) is 0.914. The Morgan fingerprint density at radius 1 is 0.556 bits per heavy atom. The molecule has 0 aromatic carbocycles. The van der Waals surface area contributed by atoms with E-state index in [9.17, 15) is 0 Å². The van der Waals surface area contributed by atoms with Crippen molar-refractivity contribution in [1.82, 2.24) is 0 Å². The minimum absolute atomic E-state index is 1.14.